The highest BCUT2D eigenvalue weighted by Gasteiger charge is 2.16. The van der Waals surface area contributed by atoms with E-state index in [9.17, 15) is 4.79 Å². The second-order valence-electron chi connectivity index (χ2n) is 4.79. The molecule has 2 aromatic rings. The average Bonchev–Trinajstić information content (AvgIpc) is 3.09. The van der Waals surface area contributed by atoms with E-state index in [2.05, 4.69) is 15.2 Å². The number of anilines is 2. The molecule has 0 atom stereocenters. The predicted octanol–water partition coefficient (Wildman–Crippen LogP) is 4.30. The molecular weight excluding hydrogens is 329 g/mol. The molecule has 0 spiro atoms. The number of aromatic nitrogens is 1. The third-order valence-corrected chi connectivity index (χ3v) is 4.82. The van der Waals surface area contributed by atoms with Crippen LogP contribution in [0.3, 0.4) is 0 Å². The van der Waals surface area contributed by atoms with Crippen LogP contribution in [0, 0.1) is 0 Å². The van der Waals surface area contributed by atoms with Gasteiger partial charge in [-0.3, -0.25) is 4.79 Å². The van der Waals surface area contributed by atoms with Crippen molar-refractivity contribution in [2.24, 2.45) is 0 Å². The first kappa shape index (κ1) is 14.6. The molecule has 7 heteroatoms. The van der Waals surface area contributed by atoms with Gasteiger partial charge in [-0.05, 0) is 31.0 Å². The van der Waals surface area contributed by atoms with Crippen LogP contribution in [0.15, 0.2) is 24.4 Å². The summed E-state index contributed by atoms with van der Waals surface area (Å²) in [6.45, 7) is 2.09. The summed E-state index contributed by atoms with van der Waals surface area (Å²) in [5, 5.41) is 2.77. The summed E-state index contributed by atoms with van der Waals surface area (Å²) in [5.41, 5.74) is 1.02. The molecule has 110 valence electrons. The number of nitrogens with one attached hydrogen (secondary N) is 1. The molecule has 0 radical (unpaired) electrons. The quantitative estimate of drug-likeness (QED) is 0.904. The second-order valence-corrected chi connectivity index (χ2v) is 7.08. The van der Waals surface area contributed by atoms with Gasteiger partial charge in [0, 0.05) is 13.1 Å². The van der Waals surface area contributed by atoms with E-state index in [-0.39, 0.29) is 5.91 Å². The van der Waals surface area contributed by atoms with Gasteiger partial charge < -0.3 is 10.2 Å². The number of carbonyl (C=O) groups is 1. The van der Waals surface area contributed by atoms with Gasteiger partial charge in [0.15, 0.2) is 0 Å². The monoisotopic (exact) mass is 341 g/mol. The number of hydrogen-bond donors (Lipinski definition) is 1. The highest BCUT2D eigenvalue weighted by Crippen LogP contribution is 2.31. The standard InChI is InChI=1S/C14H13Cl2N3OS/c15-11-7-10(13(16)21-11)14(20)18-9-3-4-12(17-8-9)19-5-1-2-6-19/h3-4,7-8H,1-2,5-6H2,(H,18,20). The van der Waals surface area contributed by atoms with Crippen molar-refractivity contribution in [2.45, 2.75) is 12.8 Å². The van der Waals surface area contributed by atoms with Crippen molar-refractivity contribution in [1.29, 1.82) is 0 Å². The van der Waals surface area contributed by atoms with Crippen LogP contribution < -0.4 is 10.2 Å². The summed E-state index contributed by atoms with van der Waals surface area (Å²) in [6, 6.07) is 5.33. The summed E-state index contributed by atoms with van der Waals surface area (Å²) < 4.78 is 0.881. The maximum Gasteiger partial charge on any atom is 0.258 e. The molecule has 3 rings (SSSR count). The second kappa shape index (κ2) is 6.22. The number of nitrogens with zero attached hydrogens (tertiary/aromatic N) is 2. The van der Waals surface area contributed by atoms with Crippen molar-refractivity contribution in [3.8, 4) is 0 Å². The molecular formula is C14H13Cl2N3OS. The molecule has 1 amide bonds. The number of pyridine rings is 1. The van der Waals surface area contributed by atoms with E-state index >= 15 is 0 Å². The first-order valence-corrected chi connectivity index (χ1v) is 8.18. The third-order valence-electron chi connectivity index (χ3n) is 3.34. The van der Waals surface area contributed by atoms with Crippen molar-refractivity contribution < 1.29 is 4.79 Å². The lowest BCUT2D eigenvalue weighted by Gasteiger charge is -2.16. The minimum Gasteiger partial charge on any atom is -0.357 e. The Labute approximate surface area is 136 Å². The first-order valence-electron chi connectivity index (χ1n) is 6.60. The molecule has 4 nitrogen and oxygen atoms in total. The zero-order valence-electron chi connectivity index (χ0n) is 11.1. The summed E-state index contributed by atoms with van der Waals surface area (Å²) in [7, 11) is 0. The predicted molar refractivity (Wildman–Crippen MR) is 88.0 cm³/mol. The van der Waals surface area contributed by atoms with E-state index in [0.29, 0.717) is 19.9 Å². The van der Waals surface area contributed by atoms with E-state index in [4.69, 9.17) is 23.2 Å². The van der Waals surface area contributed by atoms with Crippen LogP contribution in [-0.4, -0.2) is 24.0 Å². The molecule has 21 heavy (non-hydrogen) atoms. The molecule has 1 saturated heterocycles. The third kappa shape index (κ3) is 3.31. The summed E-state index contributed by atoms with van der Waals surface area (Å²) in [5.74, 6) is 0.668. The lowest BCUT2D eigenvalue weighted by Crippen LogP contribution is -2.19. The number of thiophene rings is 1. The first-order chi connectivity index (χ1) is 10.1. The zero-order chi connectivity index (χ0) is 14.8. The Morgan fingerprint density at radius 3 is 2.62 bits per heavy atom. The van der Waals surface area contributed by atoms with Gasteiger partial charge in [0.2, 0.25) is 0 Å². The number of halogens is 2. The highest BCUT2D eigenvalue weighted by molar-refractivity contribution is 7.20. The number of amides is 1. The van der Waals surface area contributed by atoms with Gasteiger partial charge in [0.25, 0.3) is 5.91 Å². The largest absolute Gasteiger partial charge is 0.357 e. The van der Waals surface area contributed by atoms with Crippen LogP contribution >= 0.6 is 34.5 Å². The Bertz CT molecular complexity index is 651. The lowest BCUT2D eigenvalue weighted by molar-refractivity contribution is 0.102. The molecule has 0 bridgehead atoms. The van der Waals surface area contributed by atoms with Gasteiger partial charge in [-0.15, -0.1) is 11.3 Å². The fraction of sp³-hybridized carbons (Fsp3) is 0.286. The van der Waals surface area contributed by atoms with Crippen LogP contribution in [0.5, 0.6) is 0 Å². The van der Waals surface area contributed by atoms with Crippen molar-refractivity contribution in [1.82, 2.24) is 4.98 Å². The molecule has 1 N–H and O–H groups in total. The maximum absolute atomic E-state index is 12.1. The van der Waals surface area contributed by atoms with Crippen LogP contribution in [-0.2, 0) is 0 Å². The molecule has 3 heterocycles. The Balaban J connectivity index is 1.70. The van der Waals surface area contributed by atoms with Gasteiger partial charge in [0.1, 0.15) is 10.2 Å². The zero-order valence-corrected chi connectivity index (χ0v) is 13.4. The fourth-order valence-electron chi connectivity index (χ4n) is 2.29. The van der Waals surface area contributed by atoms with Crippen molar-refractivity contribution in [2.75, 3.05) is 23.3 Å². The van der Waals surface area contributed by atoms with Crippen LogP contribution in [0.25, 0.3) is 0 Å². The summed E-state index contributed by atoms with van der Waals surface area (Å²) >= 11 is 13.0. The van der Waals surface area contributed by atoms with E-state index in [1.54, 1.807) is 12.3 Å². The fourth-order valence-corrected chi connectivity index (χ4v) is 3.75. The summed E-state index contributed by atoms with van der Waals surface area (Å²) in [6.07, 6.45) is 4.07. The number of carbonyl (C=O) groups excluding carboxylic acids is 1. The van der Waals surface area contributed by atoms with E-state index in [1.807, 2.05) is 12.1 Å². The van der Waals surface area contributed by atoms with Crippen LogP contribution in [0.4, 0.5) is 11.5 Å². The lowest BCUT2D eigenvalue weighted by atomic mass is 10.3. The molecule has 0 aliphatic carbocycles. The SMILES string of the molecule is O=C(Nc1ccc(N2CCCC2)nc1)c1cc(Cl)sc1Cl. The van der Waals surface area contributed by atoms with E-state index in [0.717, 1.165) is 18.9 Å². The van der Waals surface area contributed by atoms with E-state index < -0.39 is 0 Å². The van der Waals surface area contributed by atoms with Gasteiger partial charge in [-0.2, -0.15) is 0 Å². The minimum atomic E-state index is -0.279. The van der Waals surface area contributed by atoms with Crippen molar-refractivity contribution in [3.05, 3.63) is 38.6 Å². The highest BCUT2D eigenvalue weighted by atomic mass is 35.5. The molecule has 1 aliphatic heterocycles. The van der Waals surface area contributed by atoms with Gasteiger partial charge in [-0.1, -0.05) is 23.2 Å². The Hall–Kier alpha value is -1.30. The average molecular weight is 342 g/mol. The Morgan fingerprint density at radius 2 is 2.05 bits per heavy atom. The van der Waals surface area contributed by atoms with Gasteiger partial charge >= 0.3 is 0 Å². The molecule has 1 aliphatic rings. The maximum atomic E-state index is 12.1. The molecule has 0 saturated carbocycles. The van der Waals surface area contributed by atoms with E-state index in [1.165, 1.54) is 24.2 Å². The summed E-state index contributed by atoms with van der Waals surface area (Å²) in [4.78, 5) is 18.7. The van der Waals surface area contributed by atoms with Crippen molar-refractivity contribution >= 4 is 52.0 Å². The molecule has 0 unspecified atom stereocenters. The number of hydrogen-bond acceptors (Lipinski definition) is 4. The molecule has 2 aromatic heterocycles. The molecule has 1 fully saturated rings. The Kier molecular flexibility index (Phi) is 4.33. The van der Waals surface area contributed by atoms with Crippen LogP contribution in [0.1, 0.15) is 23.2 Å². The smallest absolute Gasteiger partial charge is 0.258 e. The van der Waals surface area contributed by atoms with Crippen molar-refractivity contribution in [3.63, 3.8) is 0 Å². The number of rotatable bonds is 3. The normalized spacial score (nSPS) is 14.5. The van der Waals surface area contributed by atoms with Gasteiger partial charge in [-0.25, -0.2) is 4.98 Å². The topological polar surface area (TPSA) is 45.2 Å². The molecule has 0 aromatic carbocycles. The van der Waals surface area contributed by atoms with Crippen LogP contribution in [0.2, 0.25) is 8.67 Å². The minimum absolute atomic E-state index is 0.279. The Morgan fingerprint density at radius 1 is 1.29 bits per heavy atom. The van der Waals surface area contributed by atoms with Gasteiger partial charge in [0.05, 0.1) is 21.8 Å².